The highest BCUT2D eigenvalue weighted by atomic mass is 16.6. The Morgan fingerprint density at radius 1 is 1.09 bits per heavy atom. The van der Waals surface area contributed by atoms with Crippen LogP contribution in [0.25, 0.3) is 0 Å². The van der Waals surface area contributed by atoms with Gasteiger partial charge in [-0.05, 0) is 32.0 Å². The van der Waals surface area contributed by atoms with Gasteiger partial charge >= 0.3 is 0 Å². The Morgan fingerprint density at radius 3 is 2.35 bits per heavy atom. The molecule has 4 nitrogen and oxygen atoms in total. The Labute approximate surface area is 136 Å². The minimum Gasteiger partial charge on any atom is -0.369 e. The van der Waals surface area contributed by atoms with Crippen LogP contribution >= 0.6 is 0 Å². The first-order chi connectivity index (χ1) is 11.0. The van der Waals surface area contributed by atoms with E-state index in [2.05, 4.69) is 0 Å². The first-order valence-electron chi connectivity index (χ1n) is 7.60. The van der Waals surface area contributed by atoms with Crippen molar-refractivity contribution in [2.24, 2.45) is 0 Å². The summed E-state index contributed by atoms with van der Waals surface area (Å²) in [6.07, 6.45) is -0.515. The molecule has 0 N–H and O–H groups in total. The topological polar surface area (TPSA) is 38.8 Å². The molecule has 0 fully saturated rings. The van der Waals surface area contributed by atoms with Gasteiger partial charge in [-0.3, -0.25) is 9.69 Å². The Balaban J connectivity index is 2.10. The van der Waals surface area contributed by atoms with Crippen LogP contribution in [-0.2, 0) is 15.1 Å². The number of hydrogen-bond acceptors (Lipinski definition) is 3. The molecule has 2 atom stereocenters. The lowest BCUT2D eigenvalue weighted by Gasteiger charge is -2.33. The Morgan fingerprint density at radius 2 is 1.74 bits per heavy atom. The molecule has 1 heterocycles. The summed E-state index contributed by atoms with van der Waals surface area (Å²) in [5, 5.41) is 0. The van der Waals surface area contributed by atoms with Crippen LogP contribution < -0.4 is 4.90 Å². The quantitative estimate of drug-likeness (QED) is 0.871. The molecular weight excluding hydrogens is 290 g/mol. The molecule has 120 valence electrons. The number of aryl methyl sites for hydroxylation is 1. The molecule has 3 rings (SSSR count). The molecule has 0 bridgehead atoms. The Kier molecular flexibility index (Phi) is 3.96. The van der Waals surface area contributed by atoms with Crippen molar-refractivity contribution in [2.75, 3.05) is 19.1 Å². The zero-order chi connectivity index (χ0) is 16.6. The highest BCUT2D eigenvalue weighted by Gasteiger charge is 2.51. The molecule has 0 spiro atoms. The van der Waals surface area contributed by atoms with E-state index in [0.717, 1.165) is 16.8 Å². The third kappa shape index (κ3) is 2.35. The second kappa shape index (κ2) is 5.80. The molecule has 1 aliphatic heterocycles. The van der Waals surface area contributed by atoms with Gasteiger partial charge in [-0.1, -0.05) is 35.9 Å². The van der Waals surface area contributed by atoms with Crippen molar-refractivity contribution in [3.8, 4) is 0 Å². The van der Waals surface area contributed by atoms with Crippen molar-refractivity contribution >= 4 is 11.6 Å². The lowest BCUT2D eigenvalue weighted by Crippen LogP contribution is -2.48. The average Bonchev–Trinajstić information content (AvgIpc) is 2.84. The predicted molar refractivity (Wildman–Crippen MR) is 89.6 cm³/mol. The van der Waals surface area contributed by atoms with Crippen LogP contribution in [0.4, 0.5) is 5.69 Å². The summed E-state index contributed by atoms with van der Waals surface area (Å²) in [6, 6.07) is 15.3. The van der Waals surface area contributed by atoms with E-state index in [1.54, 1.807) is 19.1 Å². The second-order valence-corrected chi connectivity index (χ2v) is 5.96. The van der Waals surface area contributed by atoms with Gasteiger partial charge in [-0.15, -0.1) is 0 Å². The minimum absolute atomic E-state index is 0.0925. The normalized spacial score (nSPS) is 23.0. The fourth-order valence-corrected chi connectivity index (χ4v) is 3.20. The van der Waals surface area contributed by atoms with Gasteiger partial charge in [0.15, 0.2) is 6.23 Å². The van der Waals surface area contributed by atoms with Crippen LogP contribution in [-0.4, -0.2) is 26.4 Å². The van der Waals surface area contributed by atoms with Gasteiger partial charge in [-0.2, -0.15) is 0 Å². The molecule has 2 unspecified atom stereocenters. The fraction of sp³-hybridized carbons (Fsp3) is 0.316. The van der Waals surface area contributed by atoms with E-state index in [0.29, 0.717) is 5.56 Å². The number of hydrogen-bond donors (Lipinski definition) is 0. The van der Waals surface area contributed by atoms with Gasteiger partial charge in [0.05, 0.1) is 5.69 Å². The van der Waals surface area contributed by atoms with Gasteiger partial charge in [-0.25, -0.2) is 0 Å². The lowest BCUT2D eigenvalue weighted by atomic mass is 9.97. The molecule has 0 saturated heterocycles. The number of anilines is 1. The fourth-order valence-electron chi connectivity index (χ4n) is 3.20. The molecule has 0 saturated carbocycles. The van der Waals surface area contributed by atoms with E-state index in [1.165, 1.54) is 0 Å². The van der Waals surface area contributed by atoms with E-state index in [1.807, 2.05) is 62.4 Å². The van der Waals surface area contributed by atoms with Gasteiger partial charge < -0.3 is 9.47 Å². The van der Waals surface area contributed by atoms with Gasteiger partial charge in [0.1, 0.15) is 5.60 Å². The predicted octanol–water partition coefficient (Wildman–Crippen LogP) is 3.49. The SMILES string of the molecule is COC1N(C(=O)c2ccc(C)cc2)c2ccccc2C1(C)OC. The van der Waals surface area contributed by atoms with E-state index in [-0.39, 0.29) is 5.91 Å². The van der Waals surface area contributed by atoms with Crippen LogP contribution in [0.15, 0.2) is 48.5 Å². The summed E-state index contributed by atoms with van der Waals surface area (Å²) in [5.74, 6) is -0.0925. The first kappa shape index (κ1) is 15.7. The maximum Gasteiger partial charge on any atom is 0.260 e. The van der Waals surface area contributed by atoms with Gasteiger partial charge in [0, 0.05) is 25.3 Å². The number of benzene rings is 2. The summed E-state index contributed by atoms with van der Waals surface area (Å²) in [4.78, 5) is 14.8. The van der Waals surface area contributed by atoms with Crippen LogP contribution in [0, 0.1) is 6.92 Å². The van der Waals surface area contributed by atoms with E-state index in [4.69, 9.17) is 9.47 Å². The molecule has 0 radical (unpaired) electrons. The lowest BCUT2D eigenvalue weighted by molar-refractivity contribution is -0.0994. The molecule has 1 aliphatic rings. The van der Waals surface area contributed by atoms with Crippen LogP contribution in [0.5, 0.6) is 0 Å². The van der Waals surface area contributed by atoms with Crippen molar-refractivity contribution in [1.82, 2.24) is 0 Å². The van der Waals surface area contributed by atoms with Crippen molar-refractivity contribution in [3.63, 3.8) is 0 Å². The number of rotatable bonds is 3. The number of nitrogens with zero attached hydrogens (tertiary/aromatic N) is 1. The zero-order valence-electron chi connectivity index (χ0n) is 13.9. The maximum absolute atomic E-state index is 13.1. The highest BCUT2D eigenvalue weighted by molar-refractivity contribution is 6.08. The highest BCUT2D eigenvalue weighted by Crippen LogP contribution is 2.46. The molecule has 1 amide bonds. The Hall–Kier alpha value is -2.17. The molecule has 2 aromatic rings. The zero-order valence-corrected chi connectivity index (χ0v) is 13.9. The van der Waals surface area contributed by atoms with Crippen molar-refractivity contribution < 1.29 is 14.3 Å². The van der Waals surface area contributed by atoms with Gasteiger partial charge in [0.25, 0.3) is 5.91 Å². The Bertz CT molecular complexity index is 726. The third-order valence-electron chi connectivity index (χ3n) is 4.57. The second-order valence-electron chi connectivity index (χ2n) is 5.96. The van der Waals surface area contributed by atoms with Crippen molar-refractivity contribution in [3.05, 3.63) is 65.2 Å². The summed E-state index contributed by atoms with van der Waals surface area (Å²) in [6.45, 7) is 3.95. The summed E-state index contributed by atoms with van der Waals surface area (Å²) in [5.41, 5.74) is 2.83. The average molecular weight is 311 g/mol. The number of fused-ring (bicyclic) bond motifs is 1. The summed E-state index contributed by atoms with van der Waals surface area (Å²) in [7, 11) is 3.24. The van der Waals surface area contributed by atoms with Crippen LogP contribution in [0.1, 0.15) is 28.4 Å². The molecule has 0 aliphatic carbocycles. The van der Waals surface area contributed by atoms with E-state index >= 15 is 0 Å². The number of ether oxygens (including phenoxy) is 2. The first-order valence-corrected chi connectivity index (χ1v) is 7.60. The van der Waals surface area contributed by atoms with Crippen molar-refractivity contribution in [2.45, 2.75) is 25.7 Å². The van der Waals surface area contributed by atoms with E-state index < -0.39 is 11.8 Å². The molecular formula is C19H21NO3. The summed E-state index contributed by atoms with van der Waals surface area (Å²) >= 11 is 0. The van der Waals surface area contributed by atoms with Gasteiger partial charge in [0.2, 0.25) is 0 Å². The van der Waals surface area contributed by atoms with Crippen LogP contribution in [0.2, 0.25) is 0 Å². The number of methoxy groups -OCH3 is 2. The molecule has 0 aromatic heterocycles. The number of para-hydroxylation sites is 1. The number of amides is 1. The van der Waals surface area contributed by atoms with Crippen molar-refractivity contribution in [1.29, 1.82) is 0 Å². The minimum atomic E-state index is -0.703. The number of carbonyl (C=O) groups excluding carboxylic acids is 1. The monoisotopic (exact) mass is 311 g/mol. The molecule has 23 heavy (non-hydrogen) atoms. The summed E-state index contributed by atoms with van der Waals surface area (Å²) < 4.78 is 11.4. The van der Waals surface area contributed by atoms with E-state index in [9.17, 15) is 4.79 Å². The maximum atomic E-state index is 13.1. The molecule has 2 aromatic carbocycles. The van der Waals surface area contributed by atoms with Crippen LogP contribution in [0.3, 0.4) is 0 Å². The standard InChI is InChI=1S/C19H21NO3/c1-13-9-11-14(12-10-13)17(21)20-16-8-6-5-7-15(16)19(2,23-4)18(20)22-3/h5-12,18H,1-4H3. The number of carbonyl (C=O) groups is 1. The molecule has 4 heteroatoms. The third-order valence-corrected chi connectivity index (χ3v) is 4.57. The smallest absolute Gasteiger partial charge is 0.260 e. The largest absolute Gasteiger partial charge is 0.369 e.